The monoisotopic (exact) mass is 283 g/mol. The summed E-state index contributed by atoms with van der Waals surface area (Å²) in [5.41, 5.74) is 0. The topological polar surface area (TPSA) is 130 Å². The maximum absolute atomic E-state index is 11.4. The first-order chi connectivity index (χ1) is 7.80. The molecule has 96 valence electrons. The van der Waals surface area contributed by atoms with Crippen molar-refractivity contribution in [1.29, 1.82) is 0 Å². The van der Waals surface area contributed by atoms with Crippen LogP contribution >= 0.6 is 11.8 Å². The van der Waals surface area contributed by atoms with E-state index in [0.29, 0.717) is 12.3 Å². The molecule has 0 saturated carbocycles. The van der Waals surface area contributed by atoms with Gasteiger partial charge in [-0.3, -0.25) is 14.1 Å². The van der Waals surface area contributed by atoms with Gasteiger partial charge >= 0.3 is 11.9 Å². The Bertz CT molecular complexity index is 455. The van der Waals surface area contributed by atoms with Crippen molar-refractivity contribution in [3.8, 4) is 0 Å². The van der Waals surface area contributed by atoms with Crippen LogP contribution in [0.15, 0.2) is 4.99 Å². The fourth-order valence-electron chi connectivity index (χ4n) is 0.998. The molecule has 0 aromatic heterocycles. The zero-order chi connectivity index (χ0) is 13.1. The van der Waals surface area contributed by atoms with E-state index in [1.165, 1.54) is 0 Å². The third-order valence-corrected chi connectivity index (χ3v) is 3.65. The SMILES string of the molecule is O=C(O)CC(C(=O)OC1=NCCS1)S(=O)(=O)O. The largest absolute Gasteiger partial charge is 0.481 e. The minimum atomic E-state index is -4.82. The Morgan fingerprint density at radius 2 is 2.18 bits per heavy atom. The summed E-state index contributed by atoms with van der Waals surface area (Å²) in [5, 5.41) is 6.28. The van der Waals surface area contributed by atoms with Gasteiger partial charge in [0.25, 0.3) is 15.3 Å². The van der Waals surface area contributed by atoms with Gasteiger partial charge in [-0.15, -0.1) is 0 Å². The molecule has 0 radical (unpaired) electrons. The molecule has 1 atom stereocenters. The van der Waals surface area contributed by atoms with Gasteiger partial charge in [-0.1, -0.05) is 11.8 Å². The Morgan fingerprint density at radius 3 is 2.59 bits per heavy atom. The van der Waals surface area contributed by atoms with Crippen molar-refractivity contribution in [2.75, 3.05) is 12.3 Å². The van der Waals surface area contributed by atoms with E-state index in [4.69, 9.17) is 9.66 Å². The Hall–Kier alpha value is -1.13. The smallest absolute Gasteiger partial charge is 0.334 e. The minimum Gasteiger partial charge on any atom is -0.481 e. The van der Waals surface area contributed by atoms with Crippen LogP contribution in [0.4, 0.5) is 0 Å². The highest BCUT2D eigenvalue weighted by Gasteiger charge is 2.36. The van der Waals surface area contributed by atoms with Crippen LogP contribution in [-0.2, 0) is 24.4 Å². The van der Waals surface area contributed by atoms with Crippen molar-refractivity contribution in [2.45, 2.75) is 11.7 Å². The summed E-state index contributed by atoms with van der Waals surface area (Å²) in [6.45, 7) is 0.433. The van der Waals surface area contributed by atoms with Crippen molar-refractivity contribution in [3.63, 3.8) is 0 Å². The number of rotatable bonds is 4. The number of aliphatic carboxylic acids is 1. The highest BCUT2D eigenvalue weighted by Crippen LogP contribution is 2.15. The fourth-order valence-corrected chi connectivity index (χ4v) is 2.32. The molecule has 17 heavy (non-hydrogen) atoms. The second kappa shape index (κ2) is 5.47. The van der Waals surface area contributed by atoms with Gasteiger partial charge in [0.05, 0.1) is 13.0 Å². The number of carbonyl (C=O) groups is 2. The summed E-state index contributed by atoms with van der Waals surface area (Å²) in [6, 6.07) is 0. The lowest BCUT2D eigenvalue weighted by atomic mass is 10.3. The predicted molar refractivity (Wildman–Crippen MR) is 58.4 cm³/mol. The van der Waals surface area contributed by atoms with Crippen LogP contribution in [-0.4, -0.2) is 52.8 Å². The lowest BCUT2D eigenvalue weighted by Gasteiger charge is -2.10. The molecule has 1 unspecified atom stereocenters. The fraction of sp³-hybridized carbons (Fsp3) is 0.571. The molecule has 1 heterocycles. The average molecular weight is 283 g/mol. The Morgan fingerprint density at radius 1 is 1.53 bits per heavy atom. The van der Waals surface area contributed by atoms with Gasteiger partial charge in [-0.25, -0.2) is 4.99 Å². The van der Waals surface area contributed by atoms with Gasteiger partial charge in [0, 0.05) is 5.75 Å². The molecule has 2 N–H and O–H groups in total. The second-order valence-corrected chi connectivity index (χ2v) is 5.66. The first kappa shape index (κ1) is 13.9. The minimum absolute atomic E-state index is 0.0194. The highest BCUT2D eigenvalue weighted by molar-refractivity contribution is 8.13. The zero-order valence-electron chi connectivity index (χ0n) is 8.40. The van der Waals surface area contributed by atoms with E-state index >= 15 is 0 Å². The molecule has 0 amide bonds. The molecular formula is C7H9NO7S2. The molecule has 10 heteroatoms. The van der Waals surface area contributed by atoms with Crippen LogP contribution in [0.2, 0.25) is 0 Å². The van der Waals surface area contributed by atoms with E-state index in [1.807, 2.05) is 0 Å². The Balaban J connectivity index is 2.76. The summed E-state index contributed by atoms with van der Waals surface area (Å²) in [4.78, 5) is 25.5. The number of aliphatic imine (C=N–C) groups is 1. The number of carbonyl (C=O) groups excluding carboxylic acids is 1. The van der Waals surface area contributed by atoms with Crippen molar-refractivity contribution in [3.05, 3.63) is 0 Å². The van der Waals surface area contributed by atoms with Crippen molar-refractivity contribution in [1.82, 2.24) is 0 Å². The number of hydrogen-bond acceptors (Lipinski definition) is 7. The second-order valence-electron chi connectivity index (χ2n) is 3.02. The van der Waals surface area contributed by atoms with Crippen LogP contribution in [0.1, 0.15) is 6.42 Å². The summed E-state index contributed by atoms with van der Waals surface area (Å²) < 4.78 is 35.0. The lowest BCUT2D eigenvalue weighted by molar-refractivity contribution is -0.142. The molecule has 1 rings (SSSR count). The summed E-state index contributed by atoms with van der Waals surface area (Å²) in [6.07, 6.45) is -1.06. The molecule has 0 spiro atoms. The van der Waals surface area contributed by atoms with Crippen molar-refractivity contribution >= 4 is 39.0 Å². The molecular weight excluding hydrogens is 274 g/mol. The summed E-state index contributed by atoms with van der Waals surface area (Å²) in [7, 11) is -4.82. The average Bonchev–Trinajstić information content (AvgIpc) is 2.64. The first-order valence-electron chi connectivity index (χ1n) is 4.37. The van der Waals surface area contributed by atoms with Gasteiger partial charge in [-0.2, -0.15) is 8.42 Å². The molecule has 0 aliphatic carbocycles. The van der Waals surface area contributed by atoms with E-state index in [1.54, 1.807) is 0 Å². The number of carboxylic acid groups (broad SMARTS) is 1. The van der Waals surface area contributed by atoms with Crippen LogP contribution in [0.3, 0.4) is 0 Å². The number of nitrogens with zero attached hydrogens (tertiary/aromatic N) is 1. The number of ether oxygens (including phenoxy) is 1. The van der Waals surface area contributed by atoms with Gasteiger partial charge in [-0.05, 0) is 0 Å². The van der Waals surface area contributed by atoms with Crippen LogP contribution in [0.25, 0.3) is 0 Å². The molecule has 0 aromatic carbocycles. The highest BCUT2D eigenvalue weighted by atomic mass is 32.2. The van der Waals surface area contributed by atoms with Crippen LogP contribution in [0.5, 0.6) is 0 Å². The lowest BCUT2D eigenvalue weighted by Crippen LogP contribution is -2.34. The predicted octanol–water partition coefficient (Wildman–Crippen LogP) is -0.636. The van der Waals surface area contributed by atoms with Crippen molar-refractivity contribution < 1.29 is 32.4 Å². The standard InChI is InChI=1S/C7H9NO7S2/c9-5(10)3-4(17(12,13)14)6(11)15-7-8-1-2-16-7/h4H,1-3H2,(H,9,10)(H,12,13,14). The number of thioether (sulfide) groups is 1. The first-order valence-corrected chi connectivity index (χ1v) is 6.86. The number of hydrogen-bond donors (Lipinski definition) is 2. The van der Waals surface area contributed by atoms with Crippen LogP contribution < -0.4 is 0 Å². The van der Waals surface area contributed by atoms with E-state index < -0.39 is 33.7 Å². The molecule has 0 fully saturated rings. The van der Waals surface area contributed by atoms with Gasteiger partial charge in [0.15, 0.2) is 5.25 Å². The Labute approximate surface area is 101 Å². The molecule has 1 aliphatic rings. The molecule has 0 saturated heterocycles. The quantitative estimate of drug-likeness (QED) is 0.514. The van der Waals surface area contributed by atoms with E-state index in [-0.39, 0.29) is 5.23 Å². The summed E-state index contributed by atoms with van der Waals surface area (Å²) in [5.74, 6) is -2.29. The number of carboxylic acids is 1. The van der Waals surface area contributed by atoms with Crippen LogP contribution in [0, 0.1) is 0 Å². The zero-order valence-corrected chi connectivity index (χ0v) is 10.0. The summed E-state index contributed by atoms with van der Waals surface area (Å²) >= 11 is 1.10. The maximum atomic E-state index is 11.4. The van der Waals surface area contributed by atoms with Crippen molar-refractivity contribution in [2.24, 2.45) is 4.99 Å². The molecule has 1 aliphatic heterocycles. The third-order valence-electron chi connectivity index (χ3n) is 1.73. The Kier molecular flexibility index (Phi) is 4.48. The van der Waals surface area contributed by atoms with E-state index in [9.17, 15) is 18.0 Å². The van der Waals surface area contributed by atoms with E-state index in [2.05, 4.69) is 9.73 Å². The van der Waals surface area contributed by atoms with Gasteiger partial charge in [0.1, 0.15) is 0 Å². The van der Waals surface area contributed by atoms with Gasteiger partial charge < -0.3 is 9.84 Å². The molecule has 8 nitrogen and oxygen atoms in total. The normalized spacial score (nSPS) is 17.4. The third kappa shape index (κ3) is 4.32. The maximum Gasteiger partial charge on any atom is 0.334 e. The number of esters is 1. The van der Waals surface area contributed by atoms with Gasteiger partial charge in [0.2, 0.25) is 0 Å². The van der Waals surface area contributed by atoms with E-state index in [0.717, 1.165) is 11.8 Å². The molecule has 0 bridgehead atoms. The molecule has 0 aromatic rings.